The van der Waals surface area contributed by atoms with Crippen LogP contribution in [0, 0.1) is 10.1 Å². The molecule has 0 bridgehead atoms. The number of carbonyl (C=O) groups is 1. The standard InChI is InChI=1S/C18H17N5O4S.ClH/c24-17(15-6-7-16(27-15)23(25)26)21-8-10-22(11-9-21)18-20-19-14(12-28-18)13-4-2-1-3-5-13;/h1-7H,8-12H2;1H. The molecule has 9 nitrogen and oxygen atoms in total. The zero-order valence-electron chi connectivity index (χ0n) is 15.3. The number of carbonyl (C=O) groups excluding carboxylic acids is 1. The first-order valence-electron chi connectivity index (χ1n) is 8.73. The average Bonchev–Trinajstić information content (AvgIpc) is 3.25. The number of furan rings is 1. The van der Waals surface area contributed by atoms with Crippen molar-refractivity contribution >= 4 is 46.8 Å². The number of hydrogen-bond acceptors (Lipinski definition) is 8. The first-order chi connectivity index (χ1) is 13.6. The summed E-state index contributed by atoms with van der Waals surface area (Å²) in [6.07, 6.45) is 0. The van der Waals surface area contributed by atoms with Crippen molar-refractivity contribution in [1.82, 2.24) is 9.80 Å². The molecule has 0 saturated carbocycles. The summed E-state index contributed by atoms with van der Waals surface area (Å²) in [6, 6.07) is 12.5. The van der Waals surface area contributed by atoms with E-state index in [1.54, 1.807) is 16.7 Å². The molecule has 0 aliphatic carbocycles. The maximum atomic E-state index is 12.5. The number of halogens is 1. The van der Waals surface area contributed by atoms with E-state index in [2.05, 4.69) is 15.1 Å². The fraction of sp³-hybridized carbons (Fsp3) is 0.278. The van der Waals surface area contributed by atoms with Crippen LogP contribution in [-0.2, 0) is 0 Å². The highest BCUT2D eigenvalue weighted by atomic mass is 35.5. The van der Waals surface area contributed by atoms with Crippen molar-refractivity contribution in [3.05, 3.63) is 63.9 Å². The van der Waals surface area contributed by atoms with Gasteiger partial charge in [-0.2, -0.15) is 5.10 Å². The molecule has 11 heteroatoms. The van der Waals surface area contributed by atoms with Crippen LogP contribution >= 0.6 is 24.2 Å². The summed E-state index contributed by atoms with van der Waals surface area (Å²) in [6.45, 7) is 2.22. The smallest absolute Gasteiger partial charge is 0.395 e. The van der Waals surface area contributed by atoms with Crippen molar-refractivity contribution in [3.8, 4) is 0 Å². The Morgan fingerprint density at radius 3 is 2.38 bits per heavy atom. The molecule has 0 N–H and O–H groups in total. The highest BCUT2D eigenvalue weighted by Crippen LogP contribution is 2.21. The van der Waals surface area contributed by atoms with Gasteiger partial charge in [-0.3, -0.25) is 14.9 Å². The molecule has 0 atom stereocenters. The summed E-state index contributed by atoms with van der Waals surface area (Å²) in [5.41, 5.74) is 2.02. The van der Waals surface area contributed by atoms with Crippen molar-refractivity contribution in [2.45, 2.75) is 0 Å². The summed E-state index contributed by atoms with van der Waals surface area (Å²) in [4.78, 5) is 26.2. The Bertz CT molecular complexity index is 954. The maximum absolute atomic E-state index is 12.5. The largest absolute Gasteiger partial charge is 0.433 e. The Hall–Kier alpha value is -2.85. The molecule has 2 aromatic rings. The van der Waals surface area contributed by atoms with E-state index in [-0.39, 0.29) is 24.1 Å². The number of nitrogens with zero attached hydrogens (tertiary/aromatic N) is 5. The average molecular weight is 436 g/mol. The molecule has 4 rings (SSSR count). The first kappa shape index (κ1) is 20.9. The molecule has 1 saturated heterocycles. The summed E-state index contributed by atoms with van der Waals surface area (Å²) < 4.78 is 5.01. The second kappa shape index (κ2) is 9.10. The first-order valence-corrected chi connectivity index (χ1v) is 9.71. The second-order valence-corrected chi connectivity index (χ2v) is 7.20. The Kier molecular flexibility index (Phi) is 6.55. The minimum Gasteiger partial charge on any atom is -0.395 e. The minimum absolute atomic E-state index is 0. The lowest BCUT2D eigenvalue weighted by atomic mass is 10.1. The number of benzene rings is 1. The van der Waals surface area contributed by atoms with Gasteiger partial charge in [0, 0.05) is 31.9 Å². The Morgan fingerprint density at radius 1 is 1.07 bits per heavy atom. The second-order valence-electron chi connectivity index (χ2n) is 6.26. The van der Waals surface area contributed by atoms with E-state index in [1.807, 2.05) is 30.3 Å². The van der Waals surface area contributed by atoms with Crippen LogP contribution in [0.2, 0.25) is 0 Å². The van der Waals surface area contributed by atoms with Gasteiger partial charge in [0.05, 0.1) is 11.8 Å². The summed E-state index contributed by atoms with van der Waals surface area (Å²) in [7, 11) is 0. The van der Waals surface area contributed by atoms with Crippen LogP contribution in [0.25, 0.3) is 0 Å². The van der Waals surface area contributed by atoms with Crippen molar-refractivity contribution in [2.75, 3.05) is 31.9 Å². The summed E-state index contributed by atoms with van der Waals surface area (Å²) >= 11 is 1.63. The van der Waals surface area contributed by atoms with Crippen molar-refractivity contribution in [1.29, 1.82) is 0 Å². The predicted molar refractivity (Wildman–Crippen MR) is 113 cm³/mol. The monoisotopic (exact) mass is 435 g/mol. The van der Waals surface area contributed by atoms with E-state index in [9.17, 15) is 14.9 Å². The van der Waals surface area contributed by atoms with Crippen molar-refractivity contribution in [2.24, 2.45) is 10.2 Å². The van der Waals surface area contributed by atoms with Gasteiger partial charge in [-0.15, -0.1) is 17.5 Å². The third-order valence-corrected chi connectivity index (χ3v) is 5.54. The van der Waals surface area contributed by atoms with Gasteiger partial charge in [-0.25, -0.2) is 0 Å². The van der Waals surface area contributed by atoms with Crippen LogP contribution in [0.15, 0.2) is 57.1 Å². The fourth-order valence-corrected chi connectivity index (χ4v) is 3.97. The molecule has 2 aliphatic heterocycles. The van der Waals surface area contributed by atoms with E-state index >= 15 is 0 Å². The number of amidine groups is 1. The predicted octanol–water partition coefficient (Wildman–Crippen LogP) is 2.87. The van der Waals surface area contributed by atoms with Crippen LogP contribution in [0.5, 0.6) is 0 Å². The van der Waals surface area contributed by atoms with Crippen molar-refractivity contribution in [3.63, 3.8) is 0 Å². The number of rotatable bonds is 3. The lowest BCUT2D eigenvalue weighted by Gasteiger charge is -2.35. The van der Waals surface area contributed by atoms with E-state index in [0.29, 0.717) is 26.2 Å². The summed E-state index contributed by atoms with van der Waals surface area (Å²) in [5, 5.41) is 20.3. The van der Waals surface area contributed by atoms with Gasteiger partial charge < -0.3 is 14.2 Å². The van der Waals surface area contributed by atoms with Gasteiger partial charge in [0.15, 0.2) is 10.9 Å². The molecule has 1 aromatic heterocycles. The van der Waals surface area contributed by atoms with Gasteiger partial charge in [0.1, 0.15) is 4.92 Å². The third kappa shape index (κ3) is 4.60. The molecular weight excluding hydrogens is 418 g/mol. The topological polar surface area (TPSA) is 105 Å². The molecule has 0 unspecified atom stereocenters. The van der Waals surface area contributed by atoms with Gasteiger partial charge in [-0.05, 0) is 11.6 Å². The molecule has 1 amide bonds. The van der Waals surface area contributed by atoms with Gasteiger partial charge in [0.25, 0.3) is 5.91 Å². The number of nitro groups is 1. The lowest BCUT2D eigenvalue weighted by Crippen LogP contribution is -2.50. The van der Waals surface area contributed by atoms with E-state index in [1.165, 1.54) is 12.1 Å². The Labute approximate surface area is 177 Å². The van der Waals surface area contributed by atoms with Crippen LogP contribution in [0.4, 0.5) is 5.88 Å². The normalized spacial score (nSPS) is 16.6. The maximum Gasteiger partial charge on any atom is 0.433 e. The fourth-order valence-electron chi connectivity index (χ4n) is 3.02. The molecule has 29 heavy (non-hydrogen) atoms. The molecule has 0 radical (unpaired) electrons. The molecule has 0 spiro atoms. The van der Waals surface area contributed by atoms with Crippen LogP contribution in [-0.4, -0.2) is 63.4 Å². The SMILES string of the molecule is Cl.O=C(c1ccc([N+](=O)[O-])o1)N1CCN(C2=NN=C(c3ccccc3)CS2)CC1. The molecule has 1 fully saturated rings. The minimum atomic E-state index is -0.655. The molecule has 3 heterocycles. The zero-order chi connectivity index (χ0) is 19.5. The molecular formula is C18H18ClN5O4S. The van der Waals surface area contributed by atoms with E-state index < -0.39 is 10.8 Å². The van der Waals surface area contributed by atoms with Crippen LogP contribution < -0.4 is 0 Å². The summed E-state index contributed by atoms with van der Waals surface area (Å²) in [5.74, 6) is -0.0306. The molecule has 1 aromatic carbocycles. The molecule has 2 aliphatic rings. The molecule has 152 valence electrons. The Morgan fingerprint density at radius 2 is 1.79 bits per heavy atom. The highest BCUT2D eigenvalue weighted by molar-refractivity contribution is 8.14. The van der Waals surface area contributed by atoms with E-state index in [0.717, 1.165) is 22.2 Å². The number of piperazine rings is 1. The Balaban J connectivity index is 0.00000240. The highest BCUT2D eigenvalue weighted by Gasteiger charge is 2.28. The number of thioether (sulfide) groups is 1. The lowest BCUT2D eigenvalue weighted by molar-refractivity contribution is -0.402. The van der Waals surface area contributed by atoms with Gasteiger partial charge >= 0.3 is 5.88 Å². The zero-order valence-corrected chi connectivity index (χ0v) is 16.9. The van der Waals surface area contributed by atoms with Gasteiger partial charge in [0.2, 0.25) is 0 Å². The van der Waals surface area contributed by atoms with Crippen molar-refractivity contribution < 1.29 is 14.1 Å². The quantitative estimate of drug-likeness (QED) is 0.542. The van der Waals surface area contributed by atoms with Gasteiger partial charge in [-0.1, -0.05) is 42.1 Å². The number of hydrogen-bond donors (Lipinski definition) is 0. The third-order valence-electron chi connectivity index (χ3n) is 4.52. The number of amides is 1. The van der Waals surface area contributed by atoms with Crippen LogP contribution in [0.1, 0.15) is 16.1 Å². The van der Waals surface area contributed by atoms with E-state index in [4.69, 9.17) is 4.42 Å². The van der Waals surface area contributed by atoms with Crippen LogP contribution in [0.3, 0.4) is 0 Å².